The van der Waals surface area contributed by atoms with Gasteiger partial charge < -0.3 is 5.73 Å². The molecule has 0 aromatic carbocycles. The van der Waals surface area contributed by atoms with Crippen molar-refractivity contribution in [1.82, 2.24) is 4.90 Å². The Kier molecular flexibility index (Phi) is 3.45. The number of amides is 1. The number of rotatable bonds is 2. The van der Waals surface area contributed by atoms with E-state index in [0.29, 0.717) is 6.04 Å². The van der Waals surface area contributed by atoms with E-state index in [4.69, 9.17) is 11.0 Å². The molecule has 1 heterocycles. The molecule has 1 aliphatic carbocycles. The fourth-order valence-electron chi connectivity index (χ4n) is 3.14. The van der Waals surface area contributed by atoms with E-state index >= 15 is 0 Å². The maximum absolute atomic E-state index is 11.5. The van der Waals surface area contributed by atoms with Gasteiger partial charge in [0.25, 0.3) is 0 Å². The second-order valence-electron chi connectivity index (χ2n) is 4.90. The maximum atomic E-state index is 11.5. The van der Waals surface area contributed by atoms with Crippen LogP contribution < -0.4 is 5.73 Å². The van der Waals surface area contributed by atoms with Crippen LogP contribution in [0.1, 0.15) is 38.5 Å². The average Bonchev–Trinajstić information content (AvgIpc) is 2.73. The number of nitrogens with zero attached hydrogens (tertiary/aromatic N) is 2. The lowest BCUT2D eigenvalue weighted by molar-refractivity contribution is -0.123. The number of likely N-dealkylation sites (tertiary alicyclic amines) is 1. The molecule has 0 spiro atoms. The first-order valence-electron chi connectivity index (χ1n) is 6.18. The molecule has 2 unspecified atom stereocenters. The minimum atomic E-state index is -0.340. The van der Waals surface area contributed by atoms with Gasteiger partial charge in [-0.2, -0.15) is 5.26 Å². The van der Waals surface area contributed by atoms with Crippen LogP contribution in [0.15, 0.2) is 0 Å². The van der Waals surface area contributed by atoms with Crippen LogP contribution in [0.2, 0.25) is 0 Å². The molecular formula is C12H19N3O. The lowest BCUT2D eigenvalue weighted by Gasteiger charge is -2.34. The summed E-state index contributed by atoms with van der Waals surface area (Å²) in [6.45, 7) is 0.858. The van der Waals surface area contributed by atoms with Crippen LogP contribution in [0.5, 0.6) is 0 Å². The van der Waals surface area contributed by atoms with Gasteiger partial charge in [0.05, 0.1) is 12.0 Å². The number of hydrogen-bond acceptors (Lipinski definition) is 3. The summed E-state index contributed by atoms with van der Waals surface area (Å²) < 4.78 is 0. The third-order valence-electron chi connectivity index (χ3n) is 3.94. The number of carbonyl (C=O) groups excluding carboxylic acids is 1. The zero-order valence-corrected chi connectivity index (χ0v) is 9.56. The lowest BCUT2D eigenvalue weighted by atomic mass is 9.93. The van der Waals surface area contributed by atoms with Crippen LogP contribution >= 0.6 is 0 Å². The Labute approximate surface area is 96.4 Å². The largest absolute Gasteiger partial charge is 0.368 e. The molecule has 1 saturated heterocycles. The van der Waals surface area contributed by atoms with Crippen molar-refractivity contribution in [2.45, 2.75) is 50.6 Å². The fraction of sp³-hybridized carbons (Fsp3) is 0.833. The molecule has 2 fully saturated rings. The molecule has 88 valence electrons. The van der Waals surface area contributed by atoms with Crippen molar-refractivity contribution in [3.8, 4) is 6.07 Å². The van der Waals surface area contributed by atoms with Gasteiger partial charge in [0.15, 0.2) is 0 Å². The van der Waals surface area contributed by atoms with Gasteiger partial charge in [-0.05, 0) is 19.3 Å². The molecule has 0 aromatic heterocycles. The van der Waals surface area contributed by atoms with Gasteiger partial charge >= 0.3 is 0 Å². The van der Waals surface area contributed by atoms with Crippen LogP contribution in [-0.2, 0) is 4.79 Å². The second kappa shape index (κ2) is 4.84. The van der Waals surface area contributed by atoms with Gasteiger partial charge in [0.1, 0.15) is 6.04 Å². The summed E-state index contributed by atoms with van der Waals surface area (Å²) in [6, 6.07) is 2.36. The SMILES string of the molecule is N#CC1CCN(C2CCCCC2)C1C(N)=O. The van der Waals surface area contributed by atoms with E-state index in [1.165, 1.54) is 19.3 Å². The summed E-state index contributed by atoms with van der Waals surface area (Å²) in [5, 5.41) is 9.02. The Morgan fingerprint density at radius 1 is 1.25 bits per heavy atom. The van der Waals surface area contributed by atoms with Crippen LogP contribution in [0, 0.1) is 17.2 Å². The normalized spacial score (nSPS) is 32.4. The highest BCUT2D eigenvalue weighted by Gasteiger charge is 2.41. The molecule has 2 N–H and O–H groups in total. The molecule has 0 radical (unpaired) electrons. The summed E-state index contributed by atoms with van der Waals surface area (Å²) in [7, 11) is 0. The van der Waals surface area contributed by atoms with Crippen LogP contribution in [-0.4, -0.2) is 29.4 Å². The summed E-state index contributed by atoms with van der Waals surface area (Å²) in [4.78, 5) is 13.6. The van der Waals surface area contributed by atoms with Crippen molar-refractivity contribution in [3.63, 3.8) is 0 Å². The fourth-order valence-corrected chi connectivity index (χ4v) is 3.14. The van der Waals surface area contributed by atoms with Crippen molar-refractivity contribution < 1.29 is 4.79 Å². The molecule has 0 aromatic rings. The first-order chi connectivity index (χ1) is 7.74. The number of nitrogens with two attached hydrogens (primary N) is 1. The van der Waals surface area contributed by atoms with Gasteiger partial charge in [-0.3, -0.25) is 9.69 Å². The quantitative estimate of drug-likeness (QED) is 0.756. The molecule has 0 bridgehead atoms. The Bertz CT molecular complexity index is 304. The third-order valence-corrected chi connectivity index (χ3v) is 3.94. The molecule has 2 atom stereocenters. The van der Waals surface area contributed by atoms with Gasteiger partial charge in [0, 0.05) is 12.6 Å². The van der Waals surface area contributed by atoms with E-state index in [9.17, 15) is 4.79 Å². The number of hydrogen-bond donors (Lipinski definition) is 1. The zero-order chi connectivity index (χ0) is 11.5. The van der Waals surface area contributed by atoms with Crippen molar-refractivity contribution >= 4 is 5.91 Å². The summed E-state index contributed by atoms with van der Waals surface area (Å²) in [6.07, 6.45) is 6.88. The molecule has 1 amide bonds. The number of carbonyl (C=O) groups is 1. The highest BCUT2D eigenvalue weighted by Crippen LogP contribution is 2.31. The zero-order valence-electron chi connectivity index (χ0n) is 9.56. The van der Waals surface area contributed by atoms with Gasteiger partial charge in [-0.15, -0.1) is 0 Å². The second-order valence-corrected chi connectivity index (χ2v) is 4.90. The summed E-state index contributed by atoms with van der Waals surface area (Å²) >= 11 is 0. The van der Waals surface area contributed by atoms with E-state index in [0.717, 1.165) is 25.8 Å². The molecular weight excluding hydrogens is 202 g/mol. The van der Waals surface area contributed by atoms with E-state index in [1.807, 2.05) is 0 Å². The van der Waals surface area contributed by atoms with Crippen molar-refractivity contribution in [2.24, 2.45) is 11.7 Å². The smallest absolute Gasteiger partial charge is 0.236 e. The minimum Gasteiger partial charge on any atom is -0.368 e. The van der Waals surface area contributed by atoms with Crippen LogP contribution in [0.25, 0.3) is 0 Å². The highest BCUT2D eigenvalue weighted by atomic mass is 16.1. The van der Waals surface area contributed by atoms with E-state index in [-0.39, 0.29) is 17.9 Å². The molecule has 1 aliphatic heterocycles. The van der Waals surface area contributed by atoms with Crippen LogP contribution in [0.4, 0.5) is 0 Å². The molecule has 16 heavy (non-hydrogen) atoms. The van der Waals surface area contributed by atoms with Crippen molar-refractivity contribution in [1.29, 1.82) is 5.26 Å². The maximum Gasteiger partial charge on any atom is 0.236 e. The standard InChI is InChI=1S/C12H19N3O/c13-8-9-6-7-15(11(9)12(14)16)10-4-2-1-3-5-10/h9-11H,1-7H2,(H2,14,16). The Balaban J connectivity index is 2.08. The molecule has 2 rings (SSSR count). The van der Waals surface area contributed by atoms with Crippen molar-refractivity contribution in [3.05, 3.63) is 0 Å². The van der Waals surface area contributed by atoms with E-state index in [2.05, 4.69) is 11.0 Å². The monoisotopic (exact) mass is 221 g/mol. The summed E-state index contributed by atoms with van der Waals surface area (Å²) in [5.74, 6) is -0.519. The summed E-state index contributed by atoms with van der Waals surface area (Å²) in [5.41, 5.74) is 5.43. The molecule has 4 nitrogen and oxygen atoms in total. The Morgan fingerprint density at radius 2 is 1.94 bits per heavy atom. The van der Waals surface area contributed by atoms with Crippen LogP contribution in [0.3, 0.4) is 0 Å². The van der Waals surface area contributed by atoms with Gasteiger partial charge in [-0.1, -0.05) is 19.3 Å². The van der Waals surface area contributed by atoms with E-state index in [1.54, 1.807) is 0 Å². The molecule has 2 aliphatic rings. The predicted molar refractivity (Wildman–Crippen MR) is 60.3 cm³/mol. The van der Waals surface area contributed by atoms with Gasteiger partial charge in [-0.25, -0.2) is 0 Å². The first-order valence-corrected chi connectivity index (χ1v) is 6.18. The lowest BCUT2D eigenvalue weighted by Crippen LogP contribution is -2.48. The number of primary amides is 1. The van der Waals surface area contributed by atoms with E-state index < -0.39 is 0 Å². The van der Waals surface area contributed by atoms with Crippen molar-refractivity contribution in [2.75, 3.05) is 6.54 Å². The topological polar surface area (TPSA) is 70.1 Å². The number of nitriles is 1. The predicted octanol–water partition coefficient (Wildman–Crippen LogP) is 1.02. The Morgan fingerprint density at radius 3 is 2.50 bits per heavy atom. The average molecular weight is 221 g/mol. The minimum absolute atomic E-state index is 0.195. The highest BCUT2D eigenvalue weighted by molar-refractivity contribution is 5.81. The Hall–Kier alpha value is -1.08. The molecule has 4 heteroatoms. The molecule has 1 saturated carbocycles. The first kappa shape index (κ1) is 11.4. The van der Waals surface area contributed by atoms with Gasteiger partial charge in [0.2, 0.25) is 5.91 Å². The third kappa shape index (κ3) is 2.05.